The van der Waals surface area contributed by atoms with Gasteiger partial charge in [0.1, 0.15) is 0 Å². The molecule has 1 aromatic rings. The lowest BCUT2D eigenvalue weighted by Crippen LogP contribution is -2.34. The van der Waals surface area contributed by atoms with E-state index in [4.69, 9.17) is 9.47 Å². The molecule has 0 bridgehead atoms. The zero-order valence-corrected chi connectivity index (χ0v) is 11.4. The van der Waals surface area contributed by atoms with Crippen LogP contribution in [0.25, 0.3) is 0 Å². The fourth-order valence-electron chi connectivity index (χ4n) is 2.97. The van der Waals surface area contributed by atoms with Crippen molar-refractivity contribution in [3.8, 4) is 11.5 Å². The molecule has 1 saturated heterocycles. The van der Waals surface area contributed by atoms with Gasteiger partial charge < -0.3 is 14.6 Å². The van der Waals surface area contributed by atoms with E-state index in [2.05, 4.69) is 4.90 Å². The highest BCUT2D eigenvalue weighted by Crippen LogP contribution is 2.37. The summed E-state index contributed by atoms with van der Waals surface area (Å²) in [4.78, 5) is 13.4. The van der Waals surface area contributed by atoms with Crippen LogP contribution < -0.4 is 9.47 Å². The van der Waals surface area contributed by atoms with Crippen molar-refractivity contribution >= 4 is 5.97 Å². The van der Waals surface area contributed by atoms with Crippen LogP contribution in [-0.2, 0) is 4.79 Å². The Kier molecular flexibility index (Phi) is 3.78. The van der Waals surface area contributed by atoms with Gasteiger partial charge in [0.15, 0.2) is 11.5 Å². The van der Waals surface area contributed by atoms with Crippen LogP contribution in [0.4, 0.5) is 0 Å². The minimum atomic E-state index is -0.766. The van der Waals surface area contributed by atoms with Gasteiger partial charge in [-0.1, -0.05) is 12.5 Å². The van der Waals surface area contributed by atoms with Gasteiger partial charge >= 0.3 is 5.97 Å². The summed E-state index contributed by atoms with van der Waals surface area (Å²) in [6.07, 6.45) is 3.64. The van der Waals surface area contributed by atoms with Crippen LogP contribution in [-0.4, -0.2) is 35.9 Å². The highest BCUT2D eigenvalue weighted by atomic mass is 16.7. The minimum Gasteiger partial charge on any atom is -0.481 e. The van der Waals surface area contributed by atoms with Gasteiger partial charge in [-0.3, -0.25) is 9.69 Å². The normalized spacial score (nSPS) is 19.8. The van der Waals surface area contributed by atoms with Crippen molar-refractivity contribution in [3.05, 3.63) is 23.8 Å². The molecular formula is C15H19NO4. The second kappa shape index (κ2) is 5.71. The molecule has 2 aliphatic heterocycles. The summed E-state index contributed by atoms with van der Waals surface area (Å²) in [7, 11) is 0. The summed E-state index contributed by atoms with van der Waals surface area (Å²) >= 11 is 0. The fourth-order valence-corrected chi connectivity index (χ4v) is 2.97. The van der Waals surface area contributed by atoms with E-state index < -0.39 is 5.97 Å². The number of hydrogen-bond donors (Lipinski definition) is 1. The summed E-state index contributed by atoms with van der Waals surface area (Å²) in [6.45, 7) is 2.17. The van der Waals surface area contributed by atoms with Crippen molar-refractivity contribution in [2.75, 3.05) is 19.9 Å². The molecule has 0 spiro atoms. The van der Waals surface area contributed by atoms with Gasteiger partial charge in [0.2, 0.25) is 6.79 Å². The number of carbonyl (C=O) groups is 1. The van der Waals surface area contributed by atoms with Gasteiger partial charge in [-0.15, -0.1) is 0 Å². The van der Waals surface area contributed by atoms with Crippen LogP contribution in [0, 0.1) is 0 Å². The van der Waals surface area contributed by atoms with Crippen molar-refractivity contribution in [1.29, 1.82) is 0 Å². The molecule has 3 rings (SSSR count). The number of benzene rings is 1. The molecule has 0 aliphatic carbocycles. The van der Waals surface area contributed by atoms with E-state index in [-0.39, 0.29) is 19.3 Å². The Morgan fingerprint density at radius 1 is 1.20 bits per heavy atom. The first-order valence-corrected chi connectivity index (χ1v) is 7.09. The Hall–Kier alpha value is -1.75. The predicted octanol–water partition coefficient (Wildman–Crippen LogP) is 2.42. The quantitative estimate of drug-likeness (QED) is 0.916. The molecule has 0 saturated carbocycles. The molecule has 0 amide bonds. The standard InChI is InChI=1S/C15H19NO4/c17-15(18)9-12(16-6-2-1-3-7-16)11-4-5-13-14(8-11)20-10-19-13/h4-5,8,12H,1-3,6-7,9-10H2,(H,17,18). The number of nitrogens with zero attached hydrogens (tertiary/aromatic N) is 1. The molecule has 5 heteroatoms. The molecule has 20 heavy (non-hydrogen) atoms. The molecule has 1 aromatic carbocycles. The second-order valence-corrected chi connectivity index (χ2v) is 5.32. The third-order valence-corrected chi connectivity index (χ3v) is 3.98. The lowest BCUT2D eigenvalue weighted by atomic mass is 9.98. The largest absolute Gasteiger partial charge is 0.481 e. The van der Waals surface area contributed by atoms with Gasteiger partial charge in [-0.25, -0.2) is 0 Å². The molecule has 5 nitrogen and oxygen atoms in total. The first-order valence-electron chi connectivity index (χ1n) is 7.09. The van der Waals surface area contributed by atoms with Crippen LogP contribution in [0.1, 0.15) is 37.3 Å². The molecule has 0 radical (unpaired) electrons. The first kappa shape index (κ1) is 13.2. The molecule has 1 unspecified atom stereocenters. The number of aliphatic carboxylic acids is 1. The Morgan fingerprint density at radius 3 is 2.70 bits per heavy atom. The topological polar surface area (TPSA) is 59.0 Å². The summed E-state index contributed by atoms with van der Waals surface area (Å²) < 4.78 is 10.7. The number of piperidine rings is 1. The summed E-state index contributed by atoms with van der Waals surface area (Å²) in [5.74, 6) is 0.689. The lowest BCUT2D eigenvalue weighted by Gasteiger charge is -2.34. The van der Waals surface area contributed by atoms with E-state index in [0.717, 1.165) is 43.0 Å². The lowest BCUT2D eigenvalue weighted by molar-refractivity contribution is -0.138. The maximum Gasteiger partial charge on any atom is 0.305 e. The summed E-state index contributed by atoms with van der Waals surface area (Å²) in [6, 6.07) is 5.67. The minimum absolute atomic E-state index is 0.0812. The zero-order valence-electron chi connectivity index (χ0n) is 11.4. The predicted molar refractivity (Wildman–Crippen MR) is 73.0 cm³/mol. The van der Waals surface area contributed by atoms with E-state index in [1.165, 1.54) is 6.42 Å². The van der Waals surface area contributed by atoms with Crippen LogP contribution >= 0.6 is 0 Å². The number of likely N-dealkylation sites (tertiary alicyclic amines) is 1. The van der Waals surface area contributed by atoms with Gasteiger partial charge in [-0.2, -0.15) is 0 Å². The third-order valence-electron chi connectivity index (χ3n) is 3.98. The maximum atomic E-state index is 11.2. The molecule has 2 aliphatic rings. The van der Waals surface area contributed by atoms with Crippen molar-refractivity contribution in [1.82, 2.24) is 4.90 Å². The maximum absolute atomic E-state index is 11.2. The average molecular weight is 277 g/mol. The Balaban J connectivity index is 1.85. The smallest absolute Gasteiger partial charge is 0.305 e. The van der Waals surface area contributed by atoms with E-state index in [1.807, 2.05) is 18.2 Å². The van der Waals surface area contributed by atoms with Gasteiger partial charge in [0.25, 0.3) is 0 Å². The van der Waals surface area contributed by atoms with Crippen LogP contribution in [0.5, 0.6) is 11.5 Å². The molecule has 2 heterocycles. The molecule has 0 aromatic heterocycles. The monoisotopic (exact) mass is 277 g/mol. The van der Waals surface area contributed by atoms with Crippen molar-refractivity contribution in [3.63, 3.8) is 0 Å². The van der Waals surface area contributed by atoms with Crippen molar-refractivity contribution in [2.24, 2.45) is 0 Å². The van der Waals surface area contributed by atoms with Gasteiger partial charge in [0.05, 0.1) is 6.42 Å². The first-order chi connectivity index (χ1) is 9.74. The molecule has 1 N–H and O–H groups in total. The fraction of sp³-hybridized carbons (Fsp3) is 0.533. The summed E-state index contributed by atoms with van der Waals surface area (Å²) in [5, 5.41) is 9.19. The van der Waals surface area contributed by atoms with E-state index in [9.17, 15) is 9.90 Å². The number of rotatable bonds is 4. The number of carboxylic acids is 1. The second-order valence-electron chi connectivity index (χ2n) is 5.32. The highest BCUT2D eigenvalue weighted by molar-refractivity contribution is 5.68. The van der Waals surface area contributed by atoms with Crippen molar-refractivity contribution in [2.45, 2.75) is 31.7 Å². The van der Waals surface area contributed by atoms with Crippen molar-refractivity contribution < 1.29 is 19.4 Å². The van der Waals surface area contributed by atoms with Crippen LogP contribution in [0.15, 0.2) is 18.2 Å². The molecule has 108 valence electrons. The number of hydrogen-bond acceptors (Lipinski definition) is 4. The number of fused-ring (bicyclic) bond motifs is 1. The number of ether oxygens (including phenoxy) is 2. The van der Waals surface area contributed by atoms with E-state index >= 15 is 0 Å². The molecule has 1 fully saturated rings. The molecule has 1 atom stereocenters. The Labute approximate surface area is 118 Å². The molecular weight excluding hydrogens is 258 g/mol. The SMILES string of the molecule is O=C(O)CC(c1ccc2c(c1)OCO2)N1CCCCC1. The zero-order chi connectivity index (χ0) is 13.9. The number of carboxylic acid groups (broad SMARTS) is 1. The van der Waals surface area contributed by atoms with Gasteiger partial charge in [0, 0.05) is 6.04 Å². The Morgan fingerprint density at radius 2 is 1.95 bits per heavy atom. The van der Waals surface area contributed by atoms with Gasteiger partial charge in [-0.05, 0) is 43.6 Å². The van der Waals surface area contributed by atoms with E-state index in [0.29, 0.717) is 0 Å². The third kappa shape index (κ3) is 2.72. The van der Waals surface area contributed by atoms with Crippen LogP contribution in [0.3, 0.4) is 0 Å². The summed E-state index contributed by atoms with van der Waals surface area (Å²) in [5.41, 5.74) is 0.999. The average Bonchev–Trinajstić information content (AvgIpc) is 2.93. The van der Waals surface area contributed by atoms with E-state index in [1.54, 1.807) is 0 Å². The Bertz CT molecular complexity index is 497. The highest BCUT2D eigenvalue weighted by Gasteiger charge is 2.26. The van der Waals surface area contributed by atoms with Crippen LogP contribution in [0.2, 0.25) is 0 Å².